The molecule has 1 aromatic heterocycles. The van der Waals surface area contributed by atoms with E-state index < -0.39 is 15.4 Å². The van der Waals surface area contributed by atoms with E-state index in [2.05, 4.69) is 15.5 Å². The van der Waals surface area contributed by atoms with E-state index >= 15 is 0 Å². The summed E-state index contributed by atoms with van der Waals surface area (Å²) in [4.78, 5) is 12.6. The molecule has 0 saturated carbocycles. The topological polar surface area (TPSA) is 94.0 Å². The molecule has 1 saturated heterocycles. The van der Waals surface area contributed by atoms with Crippen LogP contribution in [0.3, 0.4) is 0 Å². The Labute approximate surface area is 196 Å². The summed E-state index contributed by atoms with van der Waals surface area (Å²) >= 11 is 7.29. The van der Waals surface area contributed by atoms with Crippen molar-refractivity contribution in [1.29, 1.82) is 0 Å². The summed E-state index contributed by atoms with van der Waals surface area (Å²) in [6.07, 6.45) is 0.423. The Morgan fingerprint density at radius 3 is 2.47 bits per heavy atom. The van der Waals surface area contributed by atoms with E-state index in [4.69, 9.17) is 11.6 Å². The third kappa shape index (κ3) is 5.16. The Bertz CT molecular complexity index is 1240. The lowest BCUT2D eigenvalue weighted by molar-refractivity contribution is -0.120. The lowest BCUT2D eigenvalue weighted by atomic mass is 10.0. The molecule has 0 aliphatic carbocycles. The molecule has 3 aromatic rings. The fourth-order valence-electron chi connectivity index (χ4n) is 3.69. The summed E-state index contributed by atoms with van der Waals surface area (Å²) < 4.78 is 25.5. The molecule has 4 rings (SSSR count). The number of nitrogens with one attached hydrogen (secondary N) is 1. The second-order valence-electron chi connectivity index (χ2n) is 8.22. The first-order chi connectivity index (χ1) is 15.1. The van der Waals surface area contributed by atoms with E-state index in [1.165, 1.54) is 11.8 Å². The van der Waals surface area contributed by atoms with Gasteiger partial charge in [0.05, 0.1) is 22.8 Å². The van der Waals surface area contributed by atoms with Gasteiger partial charge in [0.2, 0.25) is 5.91 Å². The molecule has 0 radical (unpaired) electrons. The summed E-state index contributed by atoms with van der Waals surface area (Å²) in [5.74, 6) is 0.573. The van der Waals surface area contributed by atoms with Gasteiger partial charge in [0, 0.05) is 16.3 Å². The zero-order valence-corrected chi connectivity index (χ0v) is 20.1. The molecule has 2 heterocycles. The number of thioether (sulfide) groups is 1. The van der Waals surface area contributed by atoms with Crippen molar-refractivity contribution in [2.24, 2.45) is 0 Å². The highest BCUT2D eigenvalue weighted by molar-refractivity contribution is 7.99. The Kier molecular flexibility index (Phi) is 6.33. The molecule has 10 heteroatoms. The van der Waals surface area contributed by atoms with Crippen LogP contribution in [0, 0.1) is 6.92 Å². The minimum atomic E-state index is -3.10. The fourth-order valence-corrected chi connectivity index (χ4v) is 6.66. The van der Waals surface area contributed by atoms with Crippen LogP contribution in [0.15, 0.2) is 53.7 Å². The van der Waals surface area contributed by atoms with Crippen LogP contribution in [0.5, 0.6) is 0 Å². The van der Waals surface area contributed by atoms with E-state index in [9.17, 15) is 13.2 Å². The molecule has 1 aliphatic heterocycles. The molecule has 1 N–H and O–H groups in total. The van der Waals surface area contributed by atoms with Gasteiger partial charge < -0.3 is 5.32 Å². The Hall–Kier alpha value is -2.36. The molecule has 32 heavy (non-hydrogen) atoms. The highest BCUT2D eigenvalue weighted by atomic mass is 35.5. The summed E-state index contributed by atoms with van der Waals surface area (Å²) in [6.45, 7) is 3.79. The van der Waals surface area contributed by atoms with Crippen LogP contribution in [-0.2, 0) is 14.6 Å². The predicted molar refractivity (Wildman–Crippen MR) is 127 cm³/mol. The van der Waals surface area contributed by atoms with Crippen molar-refractivity contribution in [2.75, 3.05) is 17.3 Å². The zero-order valence-electron chi connectivity index (χ0n) is 17.7. The first-order valence-corrected chi connectivity index (χ1v) is 13.3. The first-order valence-electron chi connectivity index (χ1n) is 10.1. The number of benzene rings is 2. The van der Waals surface area contributed by atoms with Crippen LogP contribution < -0.4 is 5.32 Å². The maximum absolute atomic E-state index is 12.6. The van der Waals surface area contributed by atoms with Gasteiger partial charge in [0.15, 0.2) is 20.8 Å². The number of hydrogen-bond acceptors (Lipinski definition) is 6. The average molecular weight is 491 g/mol. The second-order valence-corrected chi connectivity index (χ2v) is 11.8. The number of halogens is 1. The standard InChI is InChI=1S/C22H23ClN4O3S2/c1-15-3-9-18(10-4-15)27-20(16-5-7-17(23)8-6-16)25-26-21(27)31-13-19(28)24-22(2)11-12-32(29,30)14-22/h3-10H,11-14H2,1-2H3,(H,24,28). The summed E-state index contributed by atoms with van der Waals surface area (Å²) in [5, 5.41) is 12.8. The van der Waals surface area contributed by atoms with E-state index in [1.54, 1.807) is 19.1 Å². The highest BCUT2D eigenvalue weighted by Gasteiger charge is 2.39. The predicted octanol–water partition coefficient (Wildman–Crippen LogP) is 3.68. The van der Waals surface area contributed by atoms with Gasteiger partial charge >= 0.3 is 0 Å². The van der Waals surface area contributed by atoms with Crippen molar-refractivity contribution in [3.63, 3.8) is 0 Å². The van der Waals surface area contributed by atoms with E-state index in [0.29, 0.717) is 22.4 Å². The average Bonchev–Trinajstić information content (AvgIpc) is 3.27. The van der Waals surface area contributed by atoms with Crippen molar-refractivity contribution in [2.45, 2.75) is 31.0 Å². The van der Waals surface area contributed by atoms with Crippen molar-refractivity contribution >= 4 is 39.1 Å². The van der Waals surface area contributed by atoms with Gasteiger partial charge in [-0.05, 0) is 56.7 Å². The largest absolute Gasteiger partial charge is 0.349 e. The van der Waals surface area contributed by atoms with Crippen LogP contribution in [0.25, 0.3) is 17.1 Å². The number of aromatic nitrogens is 3. The highest BCUT2D eigenvalue weighted by Crippen LogP contribution is 2.29. The molecule has 1 unspecified atom stereocenters. The number of rotatable bonds is 6. The Balaban J connectivity index is 1.58. The first kappa shape index (κ1) is 22.8. The van der Waals surface area contributed by atoms with Crippen LogP contribution in [0.1, 0.15) is 18.9 Å². The number of nitrogens with zero attached hydrogens (tertiary/aromatic N) is 3. The Morgan fingerprint density at radius 2 is 1.84 bits per heavy atom. The lowest BCUT2D eigenvalue weighted by Crippen LogP contribution is -2.47. The molecule has 1 aliphatic rings. The smallest absolute Gasteiger partial charge is 0.230 e. The molecule has 0 bridgehead atoms. The van der Waals surface area contributed by atoms with Gasteiger partial charge in [-0.2, -0.15) is 0 Å². The third-order valence-electron chi connectivity index (χ3n) is 5.30. The molecule has 7 nitrogen and oxygen atoms in total. The normalized spacial score (nSPS) is 19.7. The monoisotopic (exact) mass is 490 g/mol. The van der Waals surface area contributed by atoms with Gasteiger partial charge in [0.1, 0.15) is 0 Å². The minimum absolute atomic E-state index is 0.0311. The van der Waals surface area contributed by atoms with Gasteiger partial charge in [0.25, 0.3) is 0 Å². The number of carbonyl (C=O) groups excluding carboxylic acids is 1. The number of aryl methyl sites for hydroxylation is 1. The number of sulfone groups is 1. The molecule has 0 spiro atoms. The maximum Gasteiger partial charge on any atom is 0.230 e. The number of amides is 1. The molecular weight excluding hydrogens is 468 g/mol. The number of carbonyl (C=O) groups is 1. The van der Waals surface area contributed by atoms with E-state index in [1.807, 2.05) is 47.9 Å². The SMILES string of the molecule is Cc1ccc(-n2c(SCC(=O)NC3(C)CCS(=O)(=O)C3)nnc2-c2ccc(Cl)cc2)cc1. The van der Waals surface area contributed by atoms with Gasteiger partial charge in [-0.1, -0.05) is 41.1 Å². The molecule has 1 fully saturated rings. The second kappa shape index (κ2) is 8.88. The Morgan fingerprint density at radius 1 is 1.16 bits per heavy atom. The molecule has 168 valence electrons. The lowest BCUT2D eigenvalue weighted by Gasteiger charge is -2.23. The van der Waals surface area contributed by atoms with Gasteiger partial charge in [-0.3, -0.25) is 9.36 Å². The van der Waals surface area contributed by atoms with Crippen LogP contribution in [-0.4, -0.2) is 51.9 Å². The fraction of sp³-hybridized carbons (Fsp3) is 0.318. The van der Waals surface area contributed by atoms with E-state index in [0.717, 1.165) is 16.8 Å². The molecule has 1 atom stereocenters. The van der Waals surface area contributed by atoms with Crippen molar-refractivity contribution in [1.82, 2.24) is 20.1 Å². The summed E-state index contributed by atoms with van der Waals surface area (Å²) in [5.41, 5.74) is 2.13. The summed E-state index contributed by atoms with van der Waals surface area (Å²) in [7, 11) is -3.10. The van der Waals surface area contributed by atoms with Gasteiger partial charge in [-0.15, -0.1) is 10.2 Å². The maximum atomic E-state index is 12.6. The molecular formula is C22H23ClN4O3S2. The summed E-state index contributed by atoms with van der Waals surface area (Å²) in [6, 6.07) is 15.3. The van der Waals surface area contributed by atoms with Crippen molar-refractivity contribution in [3.8, 4) is 17.1 Å². The van der Waals surface area contributed by atoms with Crippen LogP contribution >= 0.6 is 23.4 Å². The van der Waals surface area contributed by atoms with E-state index in [-0.39, 0.29) is 23.2 Å². The third-order valence-corrected chi connectivity index (χ3v) is 8.39. The van der Waals surface area contributed by atoms with Crippen LogP contribution in [0.4, 0.5) is 0 Å². The molecule has 2 aromatic carbocycles. The van der Waals surface area contributed by atoms with Crippen molar-refractivity contribution < 1.29 is 13.2 Å². The van der Waals surface area contributed by atoms with Gasteiger partial charge in [-0.25, -0.2) is 8.42 Å². The van der Waals surface area contributed by atoms with Crippen LogP contribution in [0.2, 0.25) is 5.02 Å². The number of hydrogen-bond donors (Lipinski definition) is 1. The quantitative estimate of drug-likeness (QED) is 0.530. The minimum Gasteiger partial charge on any atom is -0.349 e. The molecule has 1 amide bonds. The van der Waals surface area contributed by atoms with Crippen molar-refractivity contribution in [3.05, 3.63) is 59.1 Å². The zero-order chi connectivity index (χ0) is 22.9.